The largest absolute Gasteiger partial charge is 0.212 e. The molecule has 2 aliphatic rings. The van der Waals surface area contributed by atoms with E-state index in [0.29, 0.717) is 12.8 Å². The lowest BCUT2D eigenvalue weighted by molar-refractivity contribution is 0.303. The molecule has 1 unspecified atom stereocenters. The summed E-state index contributed by atoms with van der Waals surface area (Å²) in [5.41, 5.74) is 0.967. The number of hydrogen-bond donors (Lipinski definition) is 0. The summed E-state index contributed by atoms with van der Waals surface area (Å²) in [7, 11) is 0. The number of halogens is 3. The summed E-state index contributed by atoms with van der Waals surface area (Å²) >= 11 is 0. The molecule has 0 spiro atoms. The van der Waals surface area contributed by atoms with E-state index in [0.717, 1.165) is 24.3 Å². The highest BCUT2D eigenvalue weighted by Gasteiger charge is 2.27. The second-order valence-corrected chi connectivity index (χ2v) is 7.88. The summed E-state index contributed by atoms with van der Waals surface area (Å²) in [4.78, 5) is 0. The second-order valence-electron chi connectivity index (χ2n) is 7.88. The van der Waals surface area contributed by atoms with Gasteiger partial charge in [-0.15, -0.1) is 0 Å². The quantitative estimate of drug-likeness (QED) is 0.514. The van der Waals surface area contributed by atoms with Crippen LogP contribution in [0, 0.1) is 17.6 Å². The Bertz CT molecular complexity index is 589. The highest BCUT2D eigenvalue weighted by molar-refractivity contribution is 5.32. The maximum absolute atomic E-state index is 14.6. The zero-order chi connectivity index (χ0) is 17.8. The van der Waals surface area contributed by atoms with E-state index in [9.17, 15) is 13.2 Å². The molecule has 0 aliphatic heterocycles. The Labute approximate surface area is 149 Å². The molecular weight excluding hydrogens is 321 g/mol. The topological polar surface area (TPSA) is 0 Å². The zero-order valence-electron chi connectivity index (χ0n) is 15.2. The molecule has 1 aromatic carbocycles. The standard InChI is InChI=1S/C22H29F3/c1-2-3-4-15-5-7-16(8-6-15)18-13-20(24)22(21(25)14-18)17-9-11-19(23)12-10-17/h11,13-17H,2-10,12H2,1H3/t15-,16-,17?. The van der Waals surface area contributed by atoms with Crippen LogP contribution in [-0.2, 0) is 0 Å². The molecule has 0 aromatic heterocycles. The Morgan fingerprint density at radius 2 is 1.60 bits per heavy atom. The highest BCUT2D eigenvalue weighted by atomic mass is 19.1. The molecule has 1 fully saturated rings. The van der Waals surface area contributed by atoms with Gasteiger partial charge in [-0.1, -0.05) is 32.3 Å². The first-order valence-electron chi connectivity index (χ1n) is 9.91. The van der Waals surface area contributed by atoms with E-state index in [4.69, 9.17) is 0 Å². The van der Waals surface area contributed by atoms with Gasteiger partial charge >= 0.3 is 0 Å². The average molecular weight is 350 g/mol. The average Bonchev–Trinajstić information content (AvgIpc) is 2.61. The normalized spacial score (nSPS) is 27.2. The van der Waals surface area contributed by atoms with Gasteiger partial charge in [0.05, 0.1) is 5.83 Å². The van der Waals surface area contributed by atoms with Crippen molar-refractivity contribution in [1.82, 2.24) is 0 Å². The van der Waals surface area contributed by atoms with Crippen LogP contribution >= 0.6 is 0 Å². The molecule has 3 heteroatoms. The van der Waals surface area contributed by atoms with E-state index < -0.39 is 11.6 Å². The van der Waals surface area contributed by atoms with Crippen LogP contribution < -0.4 is 0 Å². The number of hydrogen-bond acceptors (Lipinski definition) is 0. The fourth-order valence-electron chi connectivity index (χ4n) is 4.57. The predicted molar refractivity (Wildman–Crippen MR) is 96.4 cm³/mol. The smallest absolute Gasteiger partial charge is 0.129 e. The molecule has 0 radical (unpaired) electrons. The first-order chi connectivity index (χ1) is 12.1. The van der Waals surface area contributed by atoms with E-state index in [-0.39, 0.29) is 29.6 Å². The van der Waals surface area contributed by atoms with Crippen LogP contribution in [0.15, 0.2) is 24.0 Å². The molecule has 138 valence electrons. The summed E-state index contributed by atoms with van der Waals surface area (Å²) in [6.07, 6.45) is 10.8. The molecule has 25 heavy (non-hydrogen) atoms. The summed E-state index contributed by atoms with van der Waals surface area (Å²) < 4.78 is 42.4. The van der Waals surface area contributed by atoms with Gasteiger partial charge in [0.15, 0.2) is 0 Å². The van der Waals surface area contributed by atoms with Gasteiger partial charge in [0.25, 0.3) is 0 Å². The van der Waals surface area contributed by atoms with Crippen molar-refractivity contribution < 1.29 is 13.2 Å². The SMILES string of the molecule is CCCC[C@H]1CC[C@H](c2cc(F)c(C3CC=C(F)CC3)c(F)c2)CC1. The van der Waals surface area contributed by atoms with Gasteiger partial charge in [-0.25, -0.2) is 13.2 Å². The fraction of sp³-hybridized carbons (Fsp3) is 0.636. The Hall–Kier alpha value is -1.25. The Kier molecular flexibility index (Phi) is 6.24. The van der Waals surface area contributed by atoms with Crippen LogP contribution in [0.5, 0.6) is 0 Å². The van der Waals surface area contributed by atoms with E-state index in [1.54, 1.807) is 12.1 Å². The molecule has 0 bridgehead atoms. The monoisotopic (exact) mass is 350 g/mol. The van der Waals surface area contributed by atoms with E-state index in [2.05, 4.69) is 6.92 Å². The van der Waals surface area contributed by atoms with Crippen molar-refractivity contribution in [3.63, 3.8) is 0 Å². The van der Waals surface area contributed by atoms with Crippen molar-refractivity contribution >= 4 is 0 Å². The van der Waals surface area contributed by atoms with Crippen molar-refractivity contribution in [2.45, 2.75) is 83.0 Å². The molecule has 0 heterocycles. The minimum absolute atomic E-state index is 0.157. The van der Waals surface area contributed by atoms with Gasteiger partial charge in [-0.05, 0) is 80.4 Å². The van der Waals surface area contributed by atoms with Crippen molar-refractivity contribution in [1.29, 1.82) is 0 Å². The molecule has 1 saturated carbocycles. The zero-order valence-corrected chi connectivity index (χ0v) is 15.2. The second kappa shape index (κ2) is 8.42. The fourth-order valence-corrected chi connectivity index (χ4v) is 4.57. The van der Waals surface area contributed by atoms with Crippen molar-refractivity contribution in [2.24, 2.45) is 5.92 Å². The third-order valence-electron chi connectivity index (χ3n) is 6.15. The van der Waals surface area contributed by atoms with Crippen LogP contribution in [0.4, 0.5) is 13.2 Å². The lowest BCUT2D eigenvalue weighted by Gasteiger charge is -2.29. The molecule has 1 aromatic rings. The molecule has 0 amide bonds. The molecule has 0 saturated heterocycles. The van der Waals surface area contributed by atoms with E-state index in [1.165, 1.54) is 38.2 Å². The molecule has 0 N–H and O–H groups in total. The Morgan fingerprint density at radius 3 is 2.16 bits per heavy atom. The van der Waals surface area contributed by atoms with Crippen molar-refractivity contribution in [3.8, 4) is 0 Å². The van der Waals surface area contributed by atoms with Gasteiger partial charge in [0.2, 0.25) is 0 Å². The van der Waals surface area contributed by atoms with Crippen LogP contribution in [0.3, 0.4) is 0 Å². The van der Waals surface area contributed by atoms with Crippen molar-refractivity contribution in [3.05, 3.63) is 46.8 Å². The number of benzene rings is 1. The summed E-state index contributed by atoms with van der Waals surface area (Å²) in [5.74, 6) is -0.215. The van der Waals surface area contributed by atoms with Gasteiger partial charge < -0.3 is 0 Å². The third-order valence-corrected chi connectivity index (χ3v) is 6.15. The summed E-state index contributed by atoms with van der Waals surface area (Å²) in [6.45, 7) is 2.22. The lowest BCUT2D eigenvalue weighted by atomic mass is 9.76. The summed E-state index contributed by atoms with van der Waals surface area (Å²) in [5, 5.41) is 0. The lowest BCUT2D eigenvalue weighted by Crippen LogP contribution is -2.15. The molecular formula is C22H29F3. The number of rotatable bonds is 5. The van der Waals surface area contributed by atoms with Crippen LogP contribution in [-0.4, -0.2) is 0 Å². The maximum atomic E-state index is 14.6. The maximum Gasteiger partial charge on any atom is 0.129 e. The van der Waals surface area contributed by atoms with Crippen LogP contribution in [0.2, 0.25) is 0 Å². The molecule has 3 rings (SSSR count). The summed E-state index contributed by atoms with van der Waals surface area (Å²) in [6, 6.07) is 3.09. The highest BCUT2D eigenvalue weighted by Crippen LogP contribution is 2.40. The first kappa shape index (κ1) is 18.5. The predicted octanol–water partition coefficient (Wildman–Crippen LogP) is 7.55. The van der Waals surface area contributed by atoms with Crippen molar-refractivity contribution in [2.75, 3.05) is 0 Å². The van der Waals surface area contributed by atoms with Gasteiger partial charge in [-0.2, -0.15) is 0 Å². The first-order valence-corrected chi connectivity index (χ1v) is 9.91. The van der Waals surface area contributed by atoms with E-state index in [1.807, 2.05) is 0 Å². The minimum atomic E-state index is -0.441. The van der Waals surface area contributed by atoms with Gasteiger partial charge in [0, 0.05) is 5.56 Å². The minimum Gasteiger partial charge on any atom is -0.212 e. The van der Waals surface area contributed by atoms with Crippen LogP contribution in [0.1, 0.15) is 94.1 Å². The van der Waals surface area contributed by atoms with Crippen LogP contribution in [0.25, 0.3) is 0 Å². The Balaban J connectivity index is 1.68. The van der Waals surface area contributed by atoms with Gasteiger partial charge in [-0.3, -0.25) is 0 Å². The molecule has 0 nitrogen and oxygen atoms in total. The third kappa shape index (κ3) is 4.48. The molecule has 2 aliphatic carbocycles. The molecule has 1 atom stereocenters. The Morgan fingerprint density at radius 1 is 0.920 bits per heavy atom. The van der Waals surface area contributed by atoms with E-state index >= 15 is 0 Å². The van der Waals surface area contributed by atoms with Gasteiger partial charge in [0.1, 0.15) is 11.6 Å². The number of unbranched alkanes of at least 4 members (excludes halogenated alkanes) is 1. The number of allylic oxidation sites excluding steroid dienone is 2.